The highest BCUT2D eigenvalue weighted by Gasteiger charge is 2.23. The average Bonchev–Trinajstić information content (AvgIpc) is 3.02. The zero-order chi connectivity index (χ0) is 19.6. The monoisotopic (exact) mass is 382 g/mol. The third-order valence-electron chi connectivity index (χ3n) is 4.73. The first-order chi connectivity index (χ1) is 12.9. The van der Waals surface area contributed by atoms with Crippen LogP contribution in [-0.4, -0.2) is 38.1 Å². The molecule has 0 aliphatic rings. The zero-order valence-corrected chi connectivity index (χ0v) is 17.6. The molecule has 1 aromatic heterocycles. The van der Waals surface area contributed by atoms with Crippen LogP contribution in [0.1, 0.15) is 33.5 Å². The van der Waals surface area contributed by atoms with Gasteiger partial charge in [-0.25, -0.2) is 4.98 Å². The third-order valence-corrected chi connectivity index (χ3v) is 5.75. The van der Waals surface area contributed by atoms with E-state index in [1.807, 2.05) is 36.1 Å². The van der Waals surface area contributed by atoms with Crippen LogP contribution in [0.5, 0.6) is 0 Å². The van der Waals surface area contributed by atoms with E-state index < -0.39 is 0 Å². The third kappa shape index (κ3) is 4.37. The quantitative estimate of drug-likeness (QED) is 0.709. The number of anilines is 1. The summed E-state index contributed by atoms with van der Waals surface area (Å²) in [5, 5.41) is 0.792. The van der Waals surface area contributed by atoms with E-state index >= 15 is 0 Å². The Balaban J connectivity index is 2.00. The van der Waals surface area contributed by atoms with E-state index in [-0.39, 0.29) is 5.91 Å². The molecule has 1 N–H and O–H groups in total. The van der Waals surface area contributed by atoms with Gasteiger partial charge in [0.15, 0.2) is 5.13 Å². The summed E-state index contributed by atoms with van der Waals surface area (Å²) >= 11 is 1.61. The van der Waals surface area contributed by atoms with Crippen molar-refractivity contribution in [3.05, 3.63) is 58.7 Å². The number of aromatic nitrogens is 1. The van der Waals surface area contributed by atoms with E-state index in [4.69, 9.17) is 4.98 Å². The van der Waals surface area contributed by atoms with Crippen molar-refractivity contribution >= 4 is 32.6 Å². The highest BCUT2D eigenvalue weighted by molar-refractivity contribution is 7.22. The first kappa shape index (κ1) is 19.5. The van der Waals surface area contributed by atoms with Crippen molar-refractivity contribution in [1.29, 1.82) is 0 Å². The number of thiazole rings is 1. The van der Waals surface area contributed by atoms with Crippen molar-refractivity contribution in [1.82, 2.24) is 4.98 Å². The predicted molar refractivity (Wildman–Crippen MR) is 114 cm³/mol. The number of carbonyl (C=O) groups is 1. The molecule has 0 atom stereocenters. The summed E-state index contributed by atoms with van der Waals surface area (Å²) in [5.41, 5.74) is 5.14. The summed E-state index contributed by atoms with van der Waals surface area (Å²) in [6.07, 6.45) is 0.938. The Hall–Kier alpha value is -2.24. The Morgan fingerprint density at radius 2 is 1.85 bits per heavy atom. The van der Waals surface area contributed by atoms with E-state index in [1.165, 1.54) is 10.5 Å². The lowest BCUT2D eigenvalue weighted by Crippen LogP contribution is -3.05. The SMILES string of the molecule is Cc1cc(C)c2nc(N(CCC[NH+](C)C)C(=O)c3ccccc3C)sc2c1. The van der Waals surface area contributed by atoms with E-state index in [9.17, 15) is 4.79 Å². The number of hydrogen-bond acceptors (Lipinski definition) is 3. The summed E-state index contributed by atoms with van der Waals surface area (Å²) in [6, 6.07) is 12.1. The fraction of sp³-hybridized carbons (Fsp3) is 0.364. The van der Waals surface area contributed by atoms with E-state index in [0.717, 1.165) is 45.0 Å². The first-order valence-corrected chi connectivity index (χ1v) is 10.2. The molecule has 1 amide bonds. The number of benzene rings is 2. The molecule has 0 saturated carbocycles. The smallest absolute Gasteiger partial charge is 0.260 e. The summed E-state index contributed by atoms with van der Waals surface area (Å²) in [6.45, 7) is 7.86. The number of nitrogens with one attached hydrogen (secondary N) is 1. The second-order valence-corrected chi connectivity index (χ2v) is 8.52. The number of aryl methyl sites for hydroxylation is 3. The highest BCUT2D eigenvalue weighted by atomic mass is 32.1. The topological polar surface area (TPSA) is 37.6 Å². The molecular weight excluding hydrogens is 354 g/mol. The van der Waals surface area contributed by atoms with Crippen LogP contribution in [0.4, 0.5) is 5.13 Å². The van der Waals surface area contributed by atoms with Crippen LogP contribution in [0.15, 0.2) is 36.4 Å². The Kier molecular flexibility index (Phi) is 5.92. The van der Waals surface area contributed by atoms with Crippen molar-refractivity contribution in [3.63, 3.8) is 0 Å². The molecule has 27 heavy (non-hydrogen) atoms. The van der Waals surface area contributed by atoms with E-state index in [1.54, 1.807) is 11.3 Å². The number of fused-ring (bicyclic) bond motifs is 1. The van der Waals surface area contributed by atoms with Crippen LogP contribution >= 0.6 is 11.3 Å². The Morgan fingerprint density at radius 1 is 1.11 bits per heavy atom. The zero-order valence-electron chi connectivity index (χ0n) is 16.8. The Bertz CT molecular complexity index is 961. The molecule has 0 saturated heterocycles. The number of carbonyl (C=O) groups excluding carboxylic acids is 1. The summed E-state index contributed by atoms with van der Waals surface area (Å²) in [5.74, 6) is 0.0373. The van der Waals surface area contributed by atoms with E-state index in [0.29, 0.717) is 6.54 Å². The standard InChI is InChI=1S/C22H27N3OS/c1-15-13-17(3)20-19(14-15)27-22(23-20)25(12-8-11-24(4)5)21(26)18-10-7-6-9-16(18)2/h6-7,9-10,13-14H,8,11-12H2,1-5H3/p+1. The van der Waals surface area contributed by atoms with Gasteiger partial charge < -0.3 is 4.90 Å². The molecule has 0 unspecified atom stereocenters. The van der Waals surface area contributed by atoms with Gasteiger partial charge >= 0.3 is 0 Å². The van der Waals surface area contributed by atoms with Gasteiger partial charge in [0, 0.05) is 18.5 Å². The van der Waals surface area contributed by atoms with Crippen molar-refractivity contribution in [2.45, 2.75) is 27.2 Å². The van der Waals surface area contributed by atoms with Gasteiger partial charge in [0.2, 0.25) is 0 Å². The molecule has 0 fully saturated rings. The number of hydrogen-bond donors (Lipinski definition) is 1. The van der Waals surface area contributed by atoms with Crippen molar-refractivity contribution in [2.24, 2.45) is 0 Å². The maximum atomic E-state index is 13.4. The van der Waals surface area contributed by atoms with Gasteiger partial charge in [0.25, 0.3) is 5.91 Å². The number of rotatable bonds is 6. The number of amides is 1. The molecule has 3 aromatic rings. The van der Waals surface area contributed by atoms with Gasteiger partial charge in [-0.05, 0) is 49.6 Å². The minimum absolute atomic E-state index is 0.0373. The predicted octanol–water partition coefficient (Wildman–Crippen LogP) is 3.40. The maximum Gasteiger partial charge on any atom is 0.260 e. The summed E-state index contributed by atoms with van der Waals surface area (Å²) in [7, 11) is 4.27. The van der Waals surface area contributed by atoms with Crippen LogP contribution in [0.25, 0.3) is 10.2 Å². The fourth-order valence-electron chi connectivity index (χ4n) is 3.31. The van der Waals surface area contributed by atoms with Gasteiger partial charge in [0.1, 0.15) is 0 Å². The van der Waals surface area contributed by atoms with Gasteiger partial charge in [-0.1, -0.05) is 35.6 Å². The van der Waals surface area contributed by atoms with Crippen molar-refractivity contribution in [3.8, 4) is 0 Å². The molecule has 0 aliphatic carbocycles. The maximum absolute atomic E-state index is 13.4. The largest absolute Gasteiger partial charge is 0.340 e. The van der Waals surface area contributed by atoms with Gasteiger partial charge in [-0.3, -0.25) is 9.69 Å². The molecule has 142 valence electrons. The molecule has 0 aliphatic heterocycles. The first-order valence-electron chi connectivity index (χ1n) is 9.41. The minimum atomic E-state index is 0.0373. The van der Waals surface area contributed by atoms with Gasteiger partial charge in [-0.15, -0.1) is 0 Å². The fourth-order valence-corrected chi connectivity index (χ4v) is 4.47. The summed E-state index contributed by atoms with van der Waals surface area (Å²) in [4.78, 5) is 21.5. The Labute approximate surface area is 165 Å². The minimum Gasteiger partial charge on any atom is -0.340 e. The summed E-state index contributed by atoms with van der Waals surface area (Å²) < 4.78 is 1.14. The van der Waals surface area contributed by atoms with Crippen molar-refractivity contribution in [2.75, 3.05) is 32.1 Å². The van der Waals surface area contributed by atoms with Gasteiger partial charge in [0.05, 0.1) is 30.9 Å². The molecule has 5 heteroatoms. The molecule has 0 spiro atoms. The highest BCUT2D eigenvalue weighted by Crippen LogP contribution is 2.32. The number of quaternary nitrogens is 1. The number of nitrogens with zero attached hydrogens (tertiary/aromatic N) is 2. The average molecular weight is 383 g/mol. The molecular formula is C22H28N3OS+. The van der Waals surface area contributed by atoms with Crippen LogP contribution in [-0.2, 0) is 0 Å². The van der Waals surface area contributed by atoms with Crippen LogP contribution in [0, 0.1) is 20.8 Å². The molecule has 1 heterocycles. The molecule has 4 nitrogen and oxygen atoms in total. The lowest BCUT2D eigenvalue weighted by molar-refractivity contribution is -0.858. The second-order valence-electron chi connectivity index (χ2n) is 7.51. The van der Waals surface area contributed by atoms with Crippen LogP contribution < -0.4 is 9.80 Å². The van der Waals surface area contributed by atoms with E-state index in [2.05, 4.69) is 40.1 Å². The van der Waals surface area contributed by atoms with Crippen LogP contribution in [0.3, 0.4) is 0 Å². The lowest BCUT2D eigenvalue weighted by Gasteiger charge is -2.21. The van der Waals surface area contributed by atoms with Gasteiger partial charge in [-0.2, -0.15) is 0 Å². The lowest BCUT2D eigenvalue weighted by atomic mass is 10.1. The normalized spacial score (nSPS) is 11.3. The molecule has 2 aromatic carbocycles. The molecule has 3 rings (SSSR count). The molecule has 0 radical (unpaired) electrons. The van der Waals surface area contributed by atoms with Crippen molar-refractivity contribution < 1.29 is 9.69 Å². The second kappa shape index (κ2) is 8.19. The molecule has 0 bridgehead atoms. The Morgan fingerprint density at radius 3 is 2.56 bits per heavy atom. The van der Waals surface area contributed by atoms with Crippen LogP contribution in [0.2, 0.25) is 0 Å².